The van der Waals surface area contributed by atoms with E-state index in [0.29, 0.717) is 35.4 Å². The largest absolute Gasteiger partial charge is 0.329 e. The third kappa shape index (κ3) is 4.93. The average molecular weight is 454 g/mol. The predicted molar refractivity (Wildman–Crippen MR) is 137 cm³/mol. The molecule has 0 saturated carbocycles. The highest BCUT2D eigenvalue weighted by Gasteiger charge is 2.27. The minimum absolute atomic E-state index is 0.0466. The third-order valence-corrected chi connectivity index (χ3v) is 6.23. The predicted octanol–water partition coefficient (Wildman–Crippen LogP) is 5.76. The van der Waals surface area contributed by atoms with Crippen molar-refractivity contribution in [1.82, 2.24) is 14.5 Å². The molecule has 34 heavy (non-hydrogen) atoms. The van der Waals surface area contributed by atoms with Crippen LogP contribution < -0.4 is 5.56 Å². The van der Waals surface area contributed by atoms with Gasteiger partial charge in [-0.05, 0) is 50.1 Å². The lowest BCUT2D eigenvalue weighted by molar-refractivity contribution is 0.0676. The molecule has 3 aromatic carbocycles. The van der Waals surface area contributed by atoms with Crippen molar-refractivity contribution < 1.29 is 4.79 Å². The monoisotopic (exact) mass is 453 g/mol. The molecule has 0 spiro atoms. The summed E-state index contributed by atoms with van der Waals surface area (Å²) >= 11 is 0. The average Bonchev–Trinajstić information content (AvgIpc) is 2.86. The van der Waals surface area contributed by atoms with Crippen LogP contribution in [0.15, 0.2) is 83.7 Å². The molecule has 0 fully saturated rings. The minimum Gasteiger partial charge on any atom is -0.329 e. The van der Waals surface area contributed by atoms with Crippen LogP contribution in [-0.4, -0.2) is 26.9 Å². The van der Waals surface area contributed by atoms with E-state index in [0.717, 1.165) is 24.0 Å². The van der Waals surface area contributed by atoms with E-state index in [9.17, 15) is 9.59 Å². The number of nitrogens with zero attached hydrogens (tertiary/aromatic N) is 3. The van der Waals surface area contributed by atoms with Crippen LogP contribution in [0.2, 0.25) is 0 Å². The van der Waals surface area contributed by atoms with Crippen molar-refractivity contribution in [3.63, 3.8) is 0 Å². The number of fused-ring (bicyclic) bond motifs is 1. The second-order valence-electron chi connectivity index (χ2n) is 8.76. The van der Waals surface area contributed by atoms with E-state index in [-0.39, 0.29) is 17.5 Å². The molecular formula is C29H31N3O2. The van der Waals surface area contributed by atoms with Gasteiger partial charge >= 0.3 is 0 Å². The number of amides is 1. The van der Waals surface area contributed by atoms with Crippen LogP contribution in [0.1, 0.15) is 60.0 Å². The summed E-state index contributed by atoms with van der Waals surface area (Å²) in [5.74, 6) is 0.554. The Morgan fingerprint density at radius 2 is 1.65 bits per heavy atom. The van der Waals surface area contributed by atoms with Gasteiger partial charge in [0, 0.05) is 12.1 Å². The van der Waals surface area contributed by atoms with E-state index in [1.54, 1.807) is 4.57 Å². The second kappa shape index (κ2) is 10.5. The molecule has 0 radical (unpaired) electrons. The molecule has 1 unspecified atom stereocenters. The van der Waals surface area contributed by atoms with Crippen molar-refractivity contribution in [2.75, 3.05) is 6.54 Å². The molecule has 0 aliphatic carbocycles. The van der Waals surface area contributed by atoms with Crippen LogP contribution in [0.4, 0.5) is 0 Å². The van der Waals surface area contributed by atoms with Crippen LogP contribution in [0.3, 0.4) is 0 Å². The van der Waals surface area contributed by atoms with E-state index in [2.05, 4.69) is 6.92 Å². The Morgan fingerprint density at radius 1 is 0.971 bits per heavy atom. The lowest BCUT2D eigenvalue weighted by atomic mass is 10.1. The number of rotatable bonds is 8. The first-order valence-corrected chi connectivity index (χ1v) is 11.9. The van der Waals surface area contributed by atoms with E-state index >= 15 is 0 Å². The van der Waals surface area contributed by atoms with Gasteiger partial charge in [-0.15, -0.1) is 0 Å². The van der Waals surface area contributed by atoms with E-state index in [1.807, 2.05) is 97.6 Å². The summed E-state index contributed by atoms with van der Waals surface area (Å²) in [6.07, 6.45) is 1.84. The van der Waals surface area contributed by atoms with Crippen LogP contribution in [-0.2, 0) is 6.54 Å². The van der Waals surface area contributed by atoms with Gasteiger partial charge < -0.3 is 4.90 Å². The molecule has 0 aliphatic heterocycles. The minimum atomic E-state index is -0.374. The van der Waals surface area contributed by atoms with Gasteiger partial charge in [-0.25, -0.2) is 4.98 Å². The highest BCUT2D eigenvalue weighted by atomic mass is 16.2. The maximum absolute atomic E-state index is 13.6. The summed E-state index contributed by atoms with van der Waals surface area (Å²) in [6, 6.07) is 24.6. The second-order valence-corrected chi connectivity index (χ2v) is 8.76. The molecule has 0 bridgehead atoms. The number of carbonyl (C=O) groups excluding carboxylic acids is 1. The smallest absolute Gasteiger partial charge is 0.261 e. The molecule has 1 aromatic heterocycles. The molecule has 1 heterocycles. The molecule has 5 nitrogen and oxygen atoms in total. The Labute approximate surface area is 200 Å². The van der Waals surface area contributed by atoms with Crippen molar-refractivity contribution in [2.24, 2.45) is 0 Å². The van der Waals surface area contributed by atoms with Gasteiger partial charge in [0.05, 0.1) is 23.5 Å². The first kappa shape index (κ1) is 23.4. The van der Waals surface area contributed by atoms with Crippen molar-refractivity contribution in [3.8, 4) is 0 Å². The number of aromatic nitrogens is 2. The van der Waals surface area contributed by atoms with Gasteiger partial charge in [-0.2, -0.15) is 0 Å². The molecule has 0 saturated heterocycles. The van der Waals surface area contributed by atoms with Crippen LogP contribution in [0, 0.1) is 6.92 Å². The number of carbonyl (C=O) groups is 1. The molecule has 0 N–H and O–H groups in total. The fourth-order valence-corrected chi connectivity index (χ4v) is 4.22. The fourth-order valence-electron chi connectivity index (χ4n) is 4.22. The van der Waals surface area contributed by atoms with E-state index in [1.165, 1.54) is 0 Å². The van der Waals surface area contributed by atoms with Crippen LogP contribution >= 0.6 is 0 Å². The Kier molecular flexibility index (Phi) is 7.21. The van der Waals surface area contributed by atoms with Gasteiger partial charge in [0.25, 0.3) is 11.5 Å². The molecule has 5 heteroatoms. The summed E-state index contributed by atoms with van der Waals surface area (Å²) in [6.45, 7) is 7.08. The topological polar surface area (TPSA) is 55.2 Å². The summed E-state index contributed by atoms with van der Waals surface area (Å²) in [5, 5.41) is 0.583. The Hall–Kier alpha value is -3.73. The first-order chi connectivity index (χ1) is 16.5. The standard InChI is InChI=1S/C29H31N3O2/c1-4-5-19-31(28(33)24-17-15-21(2)16-18-24)22(3)27-30-26-14-10-9-13-25(26)29(34)32(27)20-23-11-7-6-8-12-23/h6-18,22H,4-5,19-20H2,1-3H3. The summed E-state index contributed by atoms with van der Waals surface area (Å²) in [4.78, 5) is 34.0. The lowest BCUT2D eigenvalue weighted by Crippen LogP contribution is -2.38. The molecule has 0 aliphatic rings. The summed E-state index contributed by atoms with van der Waals surface area (Å²) in [5.41, 5.74) is 3.33. The van der Waals surface area contributed by atoms with Crippen LogP contribution in [0.5, 0.6) is 0 Å². The number of unbranched alkanes of at least 4 members (excludes halogenated alkanes) is 1. The molecule has 174 valence electrons. The zero-order valence-electron chi connectivity index (χ0n) is 20.1. The highest BCUT2D eigenvalue weighted by Crippen LogP contribution is 2.24. The quantitative estimate of drug-likeness (QED) is 0.341. The molecular weight excluding hydrogens is 422 g/mol. The number of hydrogen-bond acceptors (Lipinski definition) is 3. The van der Waals surface area contributed by atoms with Crippen molar-refractivity contribution in [2.45, 2.75) is 46.2 Å². The normalized spacial score (nSPS) is 12.0. The van der Waals surface area contributed by atoms with E-state index in [4.69, 9.17) is 4.98 Å². The Bertz CT molecular complexity index is 1330. The van der Waals surface area contributed by atoms with Crippen molar-refractivity contribution >= 4 is 16.8 Å². The van der Waals surface area contributed by atoms with Gasteiger partial charge in [0.15, 0.2) is 0 Å². The summed E-state index contributed by atoms with van der Waals surface area (Å²) in [7, 11) is 0. The Balaban J connectivity index is 1.82. The SMILES string of the molecule is CCCCN(C(=O)c1ccc(C)cc1)C(C)c1nc2ccccc2c(=O)n1Cc1ccccc1. The zero-order valence-corrected chi connectivity index (χ0v) is 20.1. The highest BCUT2D eigenvalue weighted by molar-refractivity contribution is 5.94. The molecule has 4 aromatic rings. The Morgan fingerprint density at radius 3 is 2.35 bits per heavy atom. The van der Waals surface area contributed by atoms with Gasteiger partial charge in [0.1, 0.15) is 5.82 Å². The van der Waals surface area contributed by atoms with Gasteiger partial charge in [-0.1, -0.05) is 73.5 Å². The molecule has 1 atom stereocenters. The van der Waals surface area contributed by atoms with Gasteiger partial charge in [0.2, 0.25) is 0 Å². The molecule has 1 amide bonds. The van der Waals surface area contributed by atoms with Crippen LogP contribution in [0.25, 0.3) is 10.9 Å². The maximum atomic E-state index is 13.6. The summed E-state index contributed by atoms with van der Waals surface area (Å²) < 4.78 is 1.73. The van der Waals surface area contributed by atoms with Gasteiger partial charge in [-0.3, -0.25) is 14.2 Å². The van der Waals surface area contributed by atoms with Crippen molar-refractivity contribution in [1.29, 1.82) is 0 Å². The lowest BCUT2D eigenvalue weighted by Gasteiger charge is -2.31. The number of aryl methyl sites for hydroxylation is 1. The number of benzene rings is 3. The molecule has 4 rings (SSSR count). The third-order valence-electron chi connectivity index (χ3n) is 6.23. The first-order valence-electron chi connectivity index (χ1n) is 11.9. The van der Waals surface area contributed by atoms with Crippen molar-refractivity contribution in [3.05, 3.63) is 112 Å². The number of hydrogen-bond donors (Lipinski definition) is 0. The fraction of sp³-hybridized carbons (Fsp3) is 0.276. The zero-order chi connectivity index (χ0) is 24.1. The number of para-hydroxylation sites is 1. The maximum Gasteiger partial charge on any atom is 0.261 e. The van der Waals surface area contributed by atoms with E-state index < -0.39 is 0 Å².